The Morgan fingerprint density at radius 2 is 1.85 bits per heavy atom. The van der Waals surface area contributed by atoms with Gasteiger partial charge in [-0.1, -0.05) is 13.8 Å². The van der Waals surface area contributed by atoms with E-state index in [1.54, 1.807) is 0 Å². The van der Waals surface area contributed by atoms with Crippen LogP contribution < -0.4 is 5.32 Å². The van der Waals surface area contributed by atoms with Crippen molar-refractivity contribution >= 4 is 0 Å². The molecule has 0 spiro atoms. The van der Waals surface area contributed by atoms with Crippen LogP contribution in [-0.2, 0) is 4.74 Å². The molecule has 0 bridgehead atoms. The summed E-state index contributed by atoms with van der Waals surface area (Å²) >= 11 is 0. The van der Waals surface area contributed by atoms with E-state index in [1.165, 1.54) is 6.42 Å². The topological polar surface area (TPSA) is 21.3 Å². The summed E-state index contributed by atoms with van der Waals surface area (Å²) in [4.78, 5) is 0. The lowest BCUT2D eigenvalue weighted by molar-refractivity contribution is -0.0214. The fourth-order valence-electron chi connectivity index (χ4n) is 0.979. The van der Waals surface area contributed by atoms with Gasteiger partial charge in [0.25, 0.3) is 0 Å². The second-order valence-electron chi connectivity index (χ2n) is 4.02. The van der Waals surface area contributed by atoms with Crippen LogP contribution in [0.2, 0.25) is 0 Å². The fraction of sp³-hybridized carbons (Fsp3) is 1.00. The maximum atomic E-state index is 5.73. The van der Waals surface area contributed by atoms with Gasteiger partial charge in [-0.3, -0.25) is 0 Å². The molecular formula is C11H25NO. The van der Waals surface area contributed by atoms with Crippen LogP contribution in [-0.4, -0.2) is 25.3 Å². The number of ether oxygens (including phenoxy) is 1. The molecule has 0 aliphatic heterocycles. The summed E-state index contributed by atoms with van der Waals surface area (Å²) in [5, 5.41) is 3.30. The maximum absolute atomic E-state index is 5.73. The van der Waals surface area contributed by atoms with E-state index in [1.807, 2.05) is 0 Å². The van der Waals surface area contributed by atoms with Gasteiger partial charge in [0.1, 0.15) is 0 Å². The minimum absolute atomic E-state index is 0.0676. The lowest BCUT2D eigenvalue weighted by Gasteiger charge is -2.23. The third kappa shape index (κ3) is 8.26. The molecule has 0 heterocycles. The summed E-state index contributed by atoms with van der Waals surface area (Å²) < 4.78 is 5.73. The van der Waals surface area contributed by atoms with Gasteiger partial charge in [-0.15, -0.1) is 0 Å². The predicted molar refractivity (Wildman–Crippen MR) is 58.1 cm³/mol. The van der Waals surface area contributed by atoms with Gasteiger partial charge in [0.2, 0.25) is 0 Å². The van der Waals surface area contributed by atoms with Crippen LogP contribution in [0.1, 0.15) is 47.0 Å². The van der Waals surface area contributed by atoms with Crippen molar-refractivity contribution in [1.29, 1.82) is 0 Å². The highest BCUT2D eigenvalue weighted by molar-refractivity contribution is 4.64. The molecule has 0 amide bonds. The van der Waals surface area contributed by atoms with Crippen LogP contribution in [0.15, 0.2) is 0 Å². The summed E-state index contributed by atoms with van der Waals surface area (Å²) in [5.41, 5.74) is 0.0676. The molecule has 80 valence electrons. The summed E-state index contributed by atoms with van der Waals surface area (Å²) in [6.45, 7) is 11.7. The first-order chi connectivity index (χ1) is 6.12. The zero-order chi connectivity index (χ0) is 10.2. The Hall–Kier alpha value is -0.0800. The van der Waals surface area contributed by atoms with Crippen molar-refractivity contribution in [2.24, 2.45) is 0 Å². The smallest absolute Gasteiger partial charge is 0.0623 e. The van der Waals surface area contributed by atoms with E-state index in [2.05, 4.69) is 33.0 Å². The van der Waals surface area contributed by atoms with Gasteiger partial charge in [-0.25, -0.2) is 0 Å². The van der Waals surface area contributed by atoms with Crippen molar-refractivity contribution in [3.05, 3.63) is 0 Å². The predicted octanol–water partition coefficient (Wildman–Crippen LogP) is 2.58. The van der Waals surface area contributed by atoms with Crippen molar-refractivity contribution in [3.63, 3.8) is 0 Å². The van der Waals surface area contributed by atoms with Gasteiger partial charge < -0.3 is 10.1 Å². The molecule has 0 aromatic rings. The first-order valence-corrected chi connectivity index (χ1v) is 5.47. The van der Waals surface area contributed by atoms with E-state index < -0.39 is 0 Å². The van der Waals surface area contributed by atoms with Crippen LogP contribution >= 0.6 is 0 Å². The molecule has 0 atom stereocenters. The molecule has 2 nitrogen and oxygen atoms in total. The van der Waals surface area contributed by atoms with Gasteiger partial charge >= 0.3 is 0 Å². The number of rotatable bonds is 8. The zero-order valence-corrected chi connectivity index (χ0v) is 9.65. The van der Waals surface area contributed by atoms with Crippen molar-refractivity contribution < 1.29 is 4.74 Å². The van der Waals surface area contributed by atoms with Gasteiger partial charge in [-0.2, -0.15) is 0 Å². The average molecular weight is 187 g/mol. The standard InChI is InChI=1S/C11H25NO/c1-5-11(3,4)13-10-8-7-9-12-6-2/h12H,5-10H2,1-4H3. The van der Waals surface area contributed by atoms with E-state index in [0.717, 1.165) is 32.5 Å². The largest absolute Gasteiger partial charge is 0.376 e. The van der Waals surface area contributed by atoms with Crippen LogP contribution in [0.3, 0.4) is 0 Å². The summed E-state index contributed by atoms with van der Waals surface area (Å²) in [5.74, 6) is 0. The van der Waals surface area contributed by atoms with E-state index >= 15 is 0 Å². The Labute approximate surface area is 83.1 Å². The number of nitrogens with one attached hydrogen (secondary N) is 1. The quantitative estimate of drug-likeness (QED) is 0.590. The molecule has 1 N–H and O–H groups in total. The van der Waals surface area contributed by atoms with Crippen molar-refractivity contribution in [2.45, 2.75) is 52.6 Å². The maximum Gasteiger partial charge on any atom is 0.0623 e. The van der Waals surface area contributed by atoms with Crippen molar-refractivity contribution in [2.75, 3.05) is 19.7 Å². The molecular weight excluding hydrogens is 162 g/mol. The molecule has 0 aromatic heterocycles. The van der Waals surface area contributed by atoms with Crippen LogP contribution in [0.4, 0.5) is 0 Å². The summed E-state index contributed by atoms with van der Waals surface area (Å²) in [6, 6.07) is 0. The molecule has 0 fully saturated rings. The Bertz CT molecular complexity index is 113. The van der Waals surface area contributed by atoms with E-state index in [4.69, 9.17) is 4.74 Å². The molecule has 13 heavy (non-hydrogen) atoms. The Balaban J connectivity index is 3.16. The lowest BCUT2D eigenvalue weighted by atomic mass is 10.1. The van der Waals surface area contributed by atoms with Gasteiger partial charge in [0.15, 0.2) is 0 Å². The van der Waals surface area contributed by atoms with Crippen LogP contribution in [0, 0.1) is 0 Å². The molecule has 0 aromatic carbocycles. The first-order valence-electron chi connectivity index (χ1n) is 5.47. The molecule has 0 rings (SSSR count). The highest BCUT2D eigenvalue weighted by Gasteiger charge is 2.13. The third-order valence-corrected chi connectivity index (χ3v) is 2.34. The average Bonchev–Trinajstić information content (AvgIpc) is 2.11. The zero-order valence-electron chi connectivity index (χ0n) is 9.65. The lowest BCUT2D eigenvalue weighted by Crippen LogP contribution is -2.24. The van der Waals surface area contributed by atoms with E-state index in [0.29, 0.717) is 0 Å². The number of unbranched alkanes of at least 4 members (excludes halogenated alkanes) is 1. The van der Waals surface area contributed by atoms with Gasteiger partial charge in [0.05, 0.1) is 5.60 Å². The highest BCUT2D eigenvalue weighted by atomic mass is 16.5. The van der Waals surface area contributed by atoms with E-state index in [9.17, 15) is 0 Å². The van der Waals surface area contributed by atoms with Gasteiger partial charge in [-0.05, 0) is 46.2 Å². The van der Waals surface area contributed by atoms with Crippen molar-refractivity contribution in [3.8, 4) is 0 Å². The molecule has 0 saturated heterocycles. The second kappa shape index (κ2) is 7.34. The number of hydrogen-bond donors (Lipinski definition) is 1. The fourth-order valence-corrected chi connectivity index (χ4v) is 0.979. The second-order valence-corrected chi connectivity index (χ2v) is 4.02. The monoisotopic (exact) mass is 187 g/mol. The van der Waals surface area contributed by atoms with Crippen LogP contribution in [0.5, 0.6) is 0 Å². The molecule has 0 aliphatic rings. The molecule has 0 radical (unpaired) electrons. The summed E-state index contributed by atoms with van der Waals surface area (Å²) in [6.07, 6.45) is 3.46. The highest BCUT2D eigenvalue weighted by Crippen LogP contribution is 2.13. The molecule has 0 saturated carbocycles. The van der Waals surface area contributed by atoms with Gasteiger partial charge in [0, 0.05) is 6.61 Å². The molecule has 0 unspecified atom stereocenters. The SMILES string of the molecule is CCNCCCCOC(C)(C)CC. The Morgan fingerprint density at radius 3 is 2.38 bits per heavy atom. The molecule has 2 heteroatoms. The third-order valence-electron chi connectivity index (χ3n) is 2.34. The van der Waals surface area contributed by atoms with Crippen molar-refractivity contribution in [1.82, 2.24) is 5.32 Å². The van der Waals surface area contributed by atoms with E-state index in [-0.39, 0.29) is 5.60 Å². The minimum Gasteiger partial charge on any atom is -0.376 e. The normalized spacial score (nSPS) is 12.0. The summed E-state index contributed by atoms with van der Waals surface area (Å²) in [7, 11) is 0. The number of hydrogen-bond acceptors (Lipinski definition) is 2. The Morgan fingerprint density at radius 1 is 1.15 bits per heavy atom. The molecule has 0 aliphatic carbocycles. The first kappa shape index (κ1) is 12.9. The Kier molecular flexibility index (Phi) is 7.29. The van der Waals surface area contributed by atoms with Crippen LogP contribution in [0.25, 0.3) is 0 Å². The minimum atomic E-state index is 0.0676.